The molecule has 0 aliphatic carbocycles. The van der Waals surface area contributed by atoms with E-state index < -0.39 is 0 Å². The molecule has 78 valence electrons. The lowest BCUT2D eigenvalue weighted by atomic mass is 10.3. The molecule has 0 saturated carbocycles. The van der Waals surface area contributed by atoms with Crippen LogP contribution in [0.3, 0.4) is 0 Å². The maximum atomic E-state index is 4.23. The van der Waals surface area contributed by atoms with Crippen LogP contribution in [0.15, 0.2) is 36.8 Å². The van der Waals surface area contributed by atoms with E-state index in [1.165, 1.54) is 0 Å². The summed E-state index contributed by atoms with van der Waals surface area (Å²) in [5.74, 6) is 1.03. The summed E-state index contributed by atoms with van der Waals surface area (Å²) < 4.78 is 2.01. The summed E-state index contributed by atoms with van der Waals surface area (Å²) >= 11 is 0. The zero-order valence-electron chi connectivity index (χ0n) is 8.72. The molecule has 0 fully saturated rings. The highest BCUT2D eigenvalue weighted by molar-refractivity contribution is 5.03. The molecule has 0 aliphatic heterocycles. The molecule has 2 heterocycles. The molecule has 2 aromatic rings. The molecule has 0 saturated heterocycles. The Balaban J connectivity index is 1.83. The van der Waals surface area contributed by atoms with E-state index in [9.17, 15) is 0 Å². The van der Waals surface area contributed by atoms with Gasteiger partial charge in [0.15, 0.2) is 0 Å². The summed E-state index contributed by atoms with van der Waals surface area (Å²) in [6.45, 7) is 1.54. The summed E-state index contributed by atoms with van der Waals surface area (Å²) in [5, 5.41) is 3.30. The van der Waals surface area contributed by atoms with E-state index in [-0.39, 0.29) is 0 Å². The maximum Gasteiger partial charge on any atom is 0.122 e. The monoisotopic (exact) mass is 202 g/mol. The van der Waals surface area contributed by atoms with Crippen molar-refractivity contribution in [2.24, 2.45) is 7.05 Å². The van der Waals surface area contributed by atoms with E-state index in [4.69, 9.17) is 0 Å². The summed E-state index contributed by atoms with van der Waals surface area (Å²) in [6.07, 6.45) is 5.55. The molecule has 2 aromatic heterocycles. The summed E-state index contributed by atoms with van der Waals surface area (Å²) in [6, 6.07) is 5.92. The molecule has 0 unspecified atom stereocenters. The fourth-order valence-corrected chi connectivity index (χ4v) is 1.37. The Bertz CT molecular complexity index is 408. The normalized spacial score (nSPS) is 10.5. The molecule has 2 rings (SSSR count). The Labute approximate surface area is 89.0 Å². The van der Waals surface area contributed by atoms with Gasteiger partial charge in [-0.3, -0.25) is 4.98 Å². The minimum absolute atomic E-state index is 0.764. The third kappa shape index (κ3) is 2.63. The second-order valence-electron chi connectivity index (χ2n) is 3.38. The number of hydrogen-bond donors (Lipinski definition) is 1. The lowest BCUT2D eigenvalue weighted by Crippen LogP contribution is -2.16. The van der Waals surface area contributed by atoms with Crippen molar-refractivity contribution >= 4 is 0 Å². The Morgan fingerprint density at radius 3 is 2.80 bits per heavy atom. The van der Waals surface area contributed by atoms with E-state index in [0.717, 1.165) is 24.6 Å². The lowest BCUT2D eigenvalue weighted by molar-refractivity contribution is 0.630. The molecular weight excluding hydrogens is 188 g/mol. The van der Waals surface area contributed by atoms with Crippen LogP contribution in [0.1, 0.15) is 11.5 Å². The number of pyridine rings is 1. The van der Waals surface area contributed by atoms with Gasteiger partial charge in [0.2, 0.25) is 0 Å². The Hall–Kier alpha value is -1.68. The van der Waals surface area contributed by atoms with Crippen LogP contribution in [0.25, 0.3) is 0 Å². The van der Waals surface area contributed by atoms with Gasteiger partial charge in [-0.1, -0.05) is 6.07 Å². The van der Waals surface area contributed by atoms with Gasteiger partial charge in [-0.05, 0) is 12.1 Å². The molecule has 0 aliphatic rings. The van der Waals surface area contributed by atoms with E-state index in [1.807, 2.05) is 36.0 Å². The predicted molar refractivity (Wildman–Crippen MR) is 58.0 cm³/mol. The fraction of sp³-hybridized carbons (Fsp3) is 0.273. The number of nitrogens with one attached hydrogen (secondary N) is 1. The first-order valence-corrected chi connectivity index (χ1v) is 4.93. The van der Waals surface area contributed by atoms with Crippen LogP contribution >= 0.6 is 0 Å². The Morgan fingerprint density at radius 1 is 1.20 bits per heavy atom. The highest BCUT2D eigenvalue weighted by atomic mass is 15.1. The second-order valence-corrected chi connectivity index (χ2v) is 3.38. The average Bonchev–Trinajstić information content (AvgIpc) is 2.66. The first kappa shape index (κ1) is 9.86. The van der Waals surface area contributed by atoms with Crippen LogP contribution in [-0.4, -0.2) is 14.5 Å². The van der Waals surface area contributed by atoms with Crippen LogP contribution < -0.4 is 5.32 Å². The highest BCUT2D eigenvalue weighted by Crippen LogP contribution is 1.95. The standard InChI is InChI=1S/C11H14N4/c1-15-7-6-14-11(15)9-12-8-10-4-2-3-5-13-10/h2-7,12H,8-9H2,1H3. The van der Waals surface area contributed by atoms with E-state index in [0.29, 0.717) is 0 Å². The van der Waals surface area contributed by atoms with E-state index >= 15 is 0 Å². The zero-order valence-corrected chi connectivity index (χ0v) is 8.72. The SMILES string of the molecule is Cn1ccnc1CNCc1ccccn1. The molecule has 0 atom stereocenters. The number of nitrogens with zero attached hydrogens (tertiary/aromatic N) is 3. The summed E-state index contributed by atoms with van der Waals surface area (Å²) in [7, 11) is 1.99. The minimum Gasteiger partial charge on any atom is -0.337 e. The predicted octanol–water partition coefficient (Wildman–Crippen LogP) is 1.10. The molecule has 0 spiro atoms. The molecule has 0 aromatic carbocycles. The van der Waals surface area contributed by atoms with Gasteiger partial charge in [-0.2, -0.15) is 0 Å². The zero-order chi connectivity index (χ0) is 10.5. The fourth-order valence-electron chi connectivity index (χ4n) is 1.37. The quantitative estimate of drug-likeness (QED) is 0.807. The van der Waals surface area contributed by atoms with Gasteiger partial charge in [-0.15, -0.1) is 0 Å². The Morgan fingerprint density at radius 2 is 2.13 bits per heavy atom. The molecule has 15 heavy (non-hydrogen) atoms. The Kier molecular flexibility index (Phi) is 3.09. The number of aromatic nitrogens is 3. The second kappa shape index (κ2) is 4.70. The van der Waals surface area contributed by atoms with Crippen molar-refractivity contribution in [1.29, 1.82) is 0 Å². The van der Waals surface area contributed by atoms with Crippen LogP contribution in [0.4, 0.5) is 0 Å². The van der Waals surface area contributed by atoms with Gasteiger partial charge >= 0.3 is 0 Å². The number of aryl methyl sites for hydroxylation is 1. The van der Waals surface area contributed by atoms with Crippen molar-refractivity contribution in [2.75, 3.05) is 0 Å². The van der Waals surface area contributed by atoms with Crippen molar-refractivity contribution in [3.8, 4) is 0 Å². The van der Waals surface area contributed by atoms with Crippen molar-refractivity contribution in [3.63, 3.8) is 0 Å². The lowest BCUT2D eigenvalue weighted by Gasteiger charge is -2.04. The number of imidazole rings is 1. The van der Waals surface area contributed by atoms with E-state index in [2.05, 4.69) is 15.3 Å². The molecule has 0 radical (unpaired) electrons. The number of rotatable bonds is 4. The van der Waals surface area contributed by atoms with Crippen molar-refractivity contribution < 1.29 is 0 Å². The van der Waals surface area contributed by atoms with Gasteiger partial charge in [0.1, 0.15) is 5.82 Å². The highest BCUT2D eigenvalue weighted by Gasteiger charge is 1.98. The van der Waals surface area contributed by atoms with Gasteiger partial charge in [0.05, 0.1) is 12.2 Å². The third-order valence-corrected chi connectivity index (χ3v) is 2.24. The molecule has 0 bridgehead atoms. The van der Waals surface area contributed by atoms with Crippen LogP contribution in [0.2, 0.25) is 0 Å². The van der Waals surface area contributed by atoms with Gasteiger partial charge < -0.3 is 9.88 Å². The first-order valence-electron chi connectivity index (χ1n) is 4.93. The number of hydrogen-bond acceptors (Lipinski definition) is 3. The molecule has 4 heteroatoms. The van der Waals surface area contributed by atoms with Crippen LogP contribution in [0.5, 0.6) is 0 Å². The largest absolute Gasteiger partial charge is 0.337 e. The van der Waals surface area contributed by atoms with Crippen molar-refractivity contribution in [3.05, 3.63) is 48.3 Å². The first-order chi connectivity index (χ1) is 7.36. The maximum absolute atomic E-state index is 4.23. The molecule has 4 nitrogen and oxygen atoms in total. The molecule has 1 N–H and O–H groups in total. The van der Waals surface area contributed by atoms with Crippen LogP contribution in [-0.2, 0) is 20.1 Å². The van der Waals surface area contributed by atoms with E-state index in [1.54, 1.807) is 12.4 Å². The van der Waals surface area contributed by atoms with Crippen LogP contribution in [0, 0.1) is 0 Å². The molecular formula is C11H14N4. The third-order valence-electron chi connectivity index (χ3n) is 2.24. The van der Waals surface area contributed by atoms with Crippen molar-refractivity contribution in [1.82, 2.24) is 19.9 Å². The topological polar surface area (TPSA) is 42.7 Å². The molecule has 0 amide bonds. The smallest absolute Gasteiger partial charge is 0.122 e. The summed E-state index contributed by atoms with van der Waals surface area (Å²) in [5.41, 5.74) is 1.05. The van der Waals surface area contributed by atoms with Crippen molar-refractivity contribution in [2.45, 2.75) is 13.1 Å². The van der Waals surface area contributed by atoms with Gasteiger partial charge in [0, 0.05) is 32.2 Å². The average molecular weight is 202 g/mol. The summed E-state index contributed by atoms with van der Waals surface area (Å²) in [4.78, 5) is 8.46. The van der Waals surface area contributed by atoms with Gasteiger partial charge in [0.25, 0.3) is 0 Å². The van der Waals surface area contributed by atoms with Gasteiger partial charge in [-0.25, -0.2) is 4.98 Å². The minimum atomic E-state index is 0.764.